The molecule has 0 N–H and O–H groups in total. The van der Waals surface area contributed by atoms with Crippen LogP contribution in [0.1, 0.15) is 11.8 Å². The van der Waals surface area contributed by atoms with E-state index in [0.29, 0.717) is 0 Å². The summed E-state index contributed by atoms with van der Waals surface area (Å²) in [6.45, 7) is 1.77. The molecule has 0 unspecified atom stereocenters. The monoisotopic (exact) mass is 153 g/mol. The Morgan fingerprint density at radius 2 is 2.60 bits per heavy atom. The lowest BCUT2D eigenvalue weighted by Crippen LogP contribution is -1.72. The van der Waals surface area contributed by atoms with Crippen molar-refractivity contribution in [2.24, 2.45) is 0 Å². The quantitative estimate of drug-likeness (QED) is 0.478. The van der Waals surface area contributed by atoms with Crippen LogP contribution in [0.15, 0.2) is 17.3 Å². The topological polar surface area (TPSA) is 30.0 Å². The second kappa shape index (κ2) is 3.27. The van der Waals surface area contributed by atoms with E-state index >= 15 is 0 Å². The van der Waals surface area contributed by atoms with Crippen LogP contribution in [0.2, 0.25) is 0 Å². The molecule has 0 aromatic carbocycles. The van der Waals surface area contributed by atoms with Crippen LogP contribution in [0.5, 0.6) is 0 Å². The van der Waals surface area contributed by atoms with Crippen molar-refractivity contribution < 1.29 is 4.79 Å². The van der Waals surface area contributed by atoms with Gasteiger partial charge in [-0.3, -0.25) is 9.78 Å². The Kier molecular flexibility index (Phi) is 2.34. The molecule has 0 spiro atoms. The highest BCUT2D eigenvalue weighted by molar-refractivity contribution is 7.10. The van der Waals surface area contributed by atoms with Crippen LogP contribution in [0.4, 0.5) is 0 Å². The normalized spacial score (nSPS) is 11.5. The molecular formula is C7H7NOS. The molecule has 1 heterocycles. The second-order valence-corrected chi connectivity index (χ2v) is 2.83. The van der Waals surface area contributed by atoms with Crippen molar-refractivity contribution in [2.75, 3.05) is 0 Å². The summed E-state index contributed by atoms with van der Waals surface area (Å²) >= 11 is 1.52. The number of nitrogens with zero attached hydrogens (tertiary/aromatic N) is 1. The van der Waals surface area contributed by atoms with E-state index in [1.54, 1.807) is 18.6 Å². The Bertz CT molecular complexity index is 238. The molecule has 1 aromatic heterocycles. The minimum Gasteiger partial charge on any atom is -0.298 e. The number of carbonyl (C=O) groups excluding carboxylic acids is 1. The molecule has 1 rings (SSSR count). The van der Waals surface area contributed by atoms with Crippen molar-refractivity contribution in [3.05, 3.63) is 22.2 Å². The van der Waals surface area contributed by atoms with Gasteiger partial charge in [0.1, 0.15) is 6.29 Å². The third-order valence-electron chi connectivity index (χ3n) is 1.01. The predicted molar refractivity (Wildman–Crippen MR) is 41.8 cm³/mol. The molecule has 0 aliphatic rings. The van der Waals surface area contributed by atoms with Crippen LogP contribution in [0.3, 0.4) is 0 Å². The summed E-state index contributed by atoms with van der Waals surface area (Å²) in [5, 5.41) is 0. The fraction of sp³-hybridized carbons (Fsp3) is 0.143. The average Bonchev–Trinajstić information content (AvgIpc) is 2.40. The van der Waals surface area contributed by atoms with E-state index in [1.807, 2.05) is 6.08 Å². The zero-order chi connectivity index (χ0) is 7.40. The molecule has 0 aliphatic carbocycles. The minimum absolute atomic E-state index is 0.726. The summed E-state index contributed by atoms with van der Waals surface area (Å²) < 4.78 is 0. The molecule has 10 heavy (non-hydrogen) atoms. The molecule has 0 fully saturated rings. The lowest BCUT2D eigenvalue weighted by atomic mass is 10.3. The first kappa shape index (κ1) is 7.15. The van der Waals surface area contributed by atoms with Crippen molar-refractivity contribution in [3.63, 3.8) is 0 Å². The first-order valence-corrected chi connectivity index (χ1v) is 3.73. The van der Waals surface area contributed by atoms with Crippen molar-refractivity contribution in [1.29, 1.82) is 0 Å². The second-order valence-electron chi connectivity index (χ2n) is 1.91. The van der Waals surface area contributed by atoms with Crippen LogP contribution in [-0.4, -0.2) is 11.3 Å². The number of aldehydes is 1. The first-order valence-electron chi connectivity index (χ1n) is 2.85. The summed E-state index contributed by atoms with van der Waals surface area (Å²) in [4.78, 5) is 15.0. The van der Waals surface area contributed by atoms with Crippen LogP contribution in [-0.2, 0) is 4.79 Å². The molecule has 0 saturated carbocycles. The molecule has 52 valence electrons. The highest BCUT2D eigenvalue weighted by atomic mass is 32.1. The number of rotatable bonds is 2. The maximum atomic E-state index is 10.1. The predicted octanol–water partition coefficient (Wildman–Crippen LogP) is 1.75. The van der Waals surface area contributed by atoms with Gasteiger partial charge >= 0.3 is 0 Å². The van der Waals surface area contributed by atoms with Gasteiger partial charge in [0.15, 0.2) is 0 Å². The molecule has 0 bridgehead atoms. The summed E-state index contributed by atoms with van der Waals surface area (Å²) in [7, 11) is 0. The van der Waals surface area contributed by atoms with Gasteiger partial charge in [-0.1, -0.05) is 0 Å². The Hall–Kier alpha value is -0.960. The van der Waals surface area contributed by atoms with Gasteiger partial charge in [-0.2, -0.15) is 0 Å². The van der Waals surface area contributed by atoms with E-state index in [0.717, 1.165) is 16.7 Å². The average molecular weight is 153 g/mol. The van der Waals surface area contributed by atoms with E-state index in [2.05, 4.69) is 4.98 Å². The Balaban J connectivity index is 2.80. The SMILES string of the molecule is CC(C=O)=Cc1cncs1. The third kappa shape index (κ3) is 1.77. The van der Waals surface area contributed by atoms with Crippen molar-refractivity contribution in [2.45, 2.75) is 6.92 Å². The van der Waals surface area contributed by atoms with Gasteiger partial charge in [0.25, 0.3) is 0 Å². The largest absolute Gasteiger partial charge is 0.298 e. The number of aromatic nitrogens is 1. The number of hydrogen-bond acceptors (Lipinski definition) is 3. The number of allylic oxidation sites excluding steroid dienone is 1. The molecular weight excluding hydrogens is 146 g/mol. The van der Waals surface area contributed by atoms with E-state index < -0.39 is 0 Å². The fourth-order valence-corrected chi connectivity index (χ4v) is 1.17. The van der Waals surface area contributed by atoms with Gasteiger partial charge in [0.2, 0.25) is 0 Å². The van der Waals surface area contributed by atoms with E-state index in [9.17, 15) is 4.79 Å². The number of thiazole rings is 1. The smallest absolute Gasteiger partial charge is 0.145 e. The summed E-state index contributed by atoms with van der Waals surface area (Å²) in [5.41, 5.74) is 2.47. The van der Waals surface area contributed by atoms with Crippen molar-refractivity contribution >= 4 is 23.7 Å². The van der Waals surface area contributed by atoms with Crippen LogP contribution >= 0.6 is 11.3 Å². The summed E-state index contributed by atoms with van der Waals surface area (Å²) in [5.74, 6) is 0. The van der Waals surface area contributed by atoms with Crippen molar-refractivity contribution in [3.8, 4) is 0 Å². The van der Waals surface area contributed by atoms with Gasteiger partial charge in [0, 0.05) is 11.1 Å². The lowest BCUT2D eigenvalue weighted by molar-refractivity contribution is -0.104. The molecule has 0 radical (unpaired) electrons. The molecule has 0 saturated heterocycles. The Morgan fingerprint density at radius 1 is 1.80 bits per heavy atom. The highest BCUT2D eigenvalue weighted by Gasteiger charge is 1.88. The van der Waals surface area contributed by atoms with Gasteiger partial charge in [-0.25, -0.2) is 0 Å². The van der Waals surface area contributed by atoms with Crippen LogP contribution in [0, 0.1) is 0 Å². The molecule has 1 aromatic rings. The standard InChI is InChI=1S/C7H7NOS/c1-6(4-9)2-7-3-8-5-10-7/h2-5H,1H3. The highest BCUT2D eigenvalue weighted by Crippen LogP contribution is 2.09. The molecule has 2 nitrogen and oxygen atoms in total. The molecule has 0 atom stereocenters. The zero-order valence-corrected chi connectivity index (χ0v) is 6.39. The molecule has 3 heteroatoms. The number of carbonyl (C=O) groups is 1. The van der Waals surface area contributed by atoms with E-state index in [-0.39, 0.29) is 0 Å². The van der Waals surface area contributed by atoms with Gasteiger partial charge in [-0.15, -0.1) is 11.3 Å². The van der Waals surface area contributed by atoms with E-state index in [1.165, 1.54) is 11.3 Å². The fourth-order valence-electron chi connectivity index (χ4n) is 0.555. The van der Waals surface area contributed by atoms with Gasteiger partial charge in [-0.05, 0) is 18.6 Å². The van der Waals surface area contributed by atoms with Gasteiger partial charge < -0.3 is 0 Å². The zero-order valence-electron chi connectivity index (χ0n) is 5.57. The summed E-state index contributed by atoms with van der Waals surface area (Å²) in [6, 6.07) is 0. The Labute approximate surface area is 63.2 Å². The molecule has 0 amide bonds. The lowest BCUT2D eigenvalue weighted by Gasteiger charge is -1.82. The minimum atomic E-state index is 0.726. The first-order chi connectivity index (χ1) is 4.83. The third-order valence-corrected chi connectivity index (χ3v) is 1.73. The number of hydrogen-bond donors (Lipinski definition) is 0. The van der Waals surface area contributed by atoms with E-state index in [4.69, 9.17) is 0 Å². The van der Waals surface area contributed by atoms with Gasteiger partial charge in [0.05, 0.1) is 5.51 Å². The maximum Gasteiger partial charge on any atom is 0.145 e. The maximum absolute atomic E-state index is 10.1. The molecule has 0 aliphatic heterocycles. The van der Waals surface area contributed by atoms with Crippen LogP contribution in [0.25, 0.3) is 6.08 Å². The summed E-state index contributed by atoms with van der Waals surface area (Å²) in [6.07, 6.45) is 4.38. The Morgan fingerprint density at radius 3 is 3.10 bits per heavy atom. The van der Waals surface area contributed by atoms with Crippen LogP contribution < -0.4 is 0 Å². The van der Waals surface area contributed by atoms with Crippen molar-refractivity contribution in [1.82, 2.24) is 4.98 Å².